The number of aliphatic hydroxyl groups excluding tert-OH is 4. The Morgan fingerprint density at radius 1 is 1.02 bits per heavy atom. The highest BCUT2D eigenvalue weighted by Gasteiger charge is 2.45. The lowest BCUT2D eigenvalue weighted by atomic mass is 9.98. The highest BCUT2D eigenvalue weighted by molar-refractivity contribution is 7.93. The summed E-state index contributed by atoms with van der Waals surface area (Å²) in [6.45, 7) is 5.59. The van der Waals surface area contributed by atoms with Crippen LogP contribution in [0.2, 0.25) is 0 Å². The van der Waals surface area contributed by atoms with Gasteiger partial charge in [0, 0.05) is 30.4 Å². The van der Waals surface area contributed by atoms with Crippen LogP contribution in [-0.4, -0.2) is 79.2 Å². The number of anilines is 1. The first-order valence-corrected chi connectivity index (χ1v) is 14.9. The highest BCUT2D eigenvalue weighted by Crippen LogP contribution is 2.30. The van der Waals surface area contributed by atoms with Gasteiger partial charge in [-0.2, -0.15) is 9.98 Å². The van der Waals surface area contributed by atoms with Crippen molar-refractivity contribution in [2.45, 2.75) is 57.3 Å². The molecule has 1 unspecified atom stereocenters. The van der Waals surface area contributed by atoms with Crippen molar-refractivity contribution in [3.63, 3.8) is 0 Å². The second-order valence-electron chi connectivity index (χ2n) is 9.93. The Hall–Kier alpha value is -3.28. The molecule has 220 valence electrons. The van der Waals surface area contributed by atoms with Crippen molar-refractivity contribution in [2.75, 3.05) is 24.6 Å². The van der Waals surface area contributed by atoms with Crippen LogP contribution >= 0.6 is 0 Å². The van der Waals surface area contributed by atoms with Crippen LogP contribution in [0.3, 0.4) is 0 Å². The van der Waals surface area contributed by atoms with Gasteiger partial charge in [0.1, 0.15) is 41.9 Å². The van der Waals surface area contributed by atoms with Crippen molar-refractivity contribution in [1.82, 2.24) is 4.72 Å². The van der Waals surface area contributed by atoms with Crippen LogP contribution in [-0.2, 0) is 14.8 Å². The molecule has 5 atom stereocenters. The first kappa shape index (κ1) is 30.7. The summed E-state index contributed by atoms with van der Waals surface area (Å²) in [6.07, 6.45) is -3.51. The zero-order valence-corrected chi connectivity index (χ0v) is 23.7. The maximum Gasteiger partial charge on any atom is 0.251 e. The molecule has 0 bridgehead atoms. The van der Waals surface area contributed by atoms with Crippen LogP contribution in [0.5, 0.6) is 0 Å². The SMILES string of the molecule is CCCN(CCC)c1ccc2cc(-c3ccc(/C=C(\C#N)S(=O)(=O)N[C@H]4C(O)O[C@H](CO)[C@@H](O)[C@@H]4O)o3)ccc2c1. The number of rotatable bonds is 11. The minimum Gasteiger partial charge on any atom is -0.457 e. The fourth-order valence-electron chi connectivity index (χ4n) is 4.84. The Bertz CT molecular complexity index is 1520. The fourth-order valence-corrected chi connectivity index (χ4v) is 5.98. The Morgan fingerprint density at radius 2 is 1.71 bits per heavy atom. The molecule has 1 aromatic heterocycles. The average molecular weight is 586 g/mol. The number of aliphatic hydroxyl groups is 4. The van der Waals surface area contributed by atoms with Gasteiger partial charge in [-0.3, -0.25) is 0 Å². The van der Waals surface area contributed by atoms with Crippen LogP contribution in [0, 0.1) is 11.3 Å². The van der Waals surface area contributed by atoms with E-state index in [-0.39, 0.29) is 5.76 Å². The Balaban J connectivity index is 1.54. The second-order valence-corrected chi connectivity index (χ2v) is 11.6. The van der Waals surface area contributed by atoms with Crippen LogP contribution in [0.4, 0.5) is 5.69 Å². The number of fused-ring (bicyclic) bond motifs is 1. The van der Waals surface area contributed by atoms with Gasteiger partial charge in [0.05, 0.1) is 6.61 Å². The lowest BCUT2D eigenvalue weighted by Gasteiger charge is -2.40. The van der Waals surface area contributed by atoms with E-state index in [4.69, 9.17) is 9.15 Å². The summed E-state index contributed by atoms with van der Waals surface area (Å²) >= 11 is 0. The first-order valence-electron chi connectivity index (χ1n) is 13.5. The van der Waals surface area contributed by atoms with Gasteiger partial charge in [0.15, 0.2) is 11.2 Å². The van der Waals surface area contributed by atoms with E-state index in [1.807, 2.05) is 22.9 Å². The van der Waals surface area contributed by atoms with E-state index in [1.165, 1.54) is 11.8 Å². The average Bonchev–Trinajstić information content (AvgIpc) is 3.44. The number of allylic oxidation sites excluding steroid dienone is 1. The summed E-state index contributed by atoms with van der Waals surface area (Å²) in [6, 6.07) is 15.3. The summed E-state index contributed by atoms with van der Waals surface area (Å²) in [4.78, 5) is 1.62. The first-order chi connectivity index (χ1) is 19.6. The minimum atomic E-state index is -4.58. The van der Waals surface area contributed by atoms with Crippen molar-refractivity contribution in [3.05, 3.63) is 59.2 Å². The third kappa shape index (κ3) is 6.79. The fraction of sp³-hybridized carbons (Fsp3) is 0.414. The summed E-state index contributed by atoms with van der Waals surface area (Å²) in [5.41, 5.74) is 1.93. The molecule has 0 amide bonds. The predicted octanol–water partition coefficient (Wildman–Crippen LogP) is 2.31. The van der Waals surface area contributed by atoms with Gasteiger partial charge in [0.25, 0.3) is 10.0 Å². The number of sulfonamides is 1. The molecule has 0 aliphatic carbocycles. The second kappa shape index (κ2) is 13.1. The van der Waals surface area contributed by atoms with Gasteiger partial charge in [-0.25, -0.2) is 8.42 Å². The molecule has 1 aliphatic rings. The normalized spacial score (nSPS) is 23.4. The summed E-state index contributed by atoms with van der Waals surface area (Å²) in [7, 11) is -4.58. The molecule has 0 radical (unpaired) electrons. The Morgan fingerprint density at radius 3 is 2.37 bits per heavy atom. The van der Waals surface area contributed by atoms with E-state index in [9.17, 15) is 34.1 Å². The monoisotopic (exact) mass is 585 g/mol. The quantitative estimate of drug-likeness (QED) is 0.210. The van der Waals surface area contributed by atoms with Crippen molar-refractivity contribution in [2.24, 2.45) is 0 Å². The van der Waals surface area contributed by atoms with Gasteiger partial charge < -0.3 is 34.5 Å². The van der Waals surface area contributed by atoms with Gasteiger partial charge in [-0.15, -0.1) is 0 Å². The largest absolute Gasteiger partial charge is 0.457 e. The molecule has 1 saturated heterocycles. The van der Waals surface area contributed by atoms with Crippen molar-refractivity contribution < 1.29 is 38.0 Å². The number of furan rings is 1. The van der Waals surface area contributed by atoms with E-state index in [1.54, 1.807) is 12.1 Å². The maximum absolute atomic E-state index is 12.9. The van der Waals surface area contributed by atoms with E-state index in [0.717, 1.165) is 48.3 Å². The van der Waals surface area contributed by atoms with Crippen LogP contribution in [0.25, 0.3) is 28.2 Å². The summed E-state index contributed by atoms with van der Waals surface area (Å²) in [5.74, 6) is 0.557. The van der Waals surface area contributed by atoms with Gasteiger partial charge in [0.2, 0.25) is 0 Å². The molecule has 12 heteroatoms. The topological polar surface area (TPSA) is 176 Å². The van der Waals surface area contributed by atoms with Crippen molar-refractivity contribution in [3.8, 4) is 17.4 Å². The number of nitrogens with zero attached hydrogens (tertiary/aromatic N) is 2. The molecule has 0 saturated carbocycles. The number of benzene rings is 2. The highest BCUT2D eigenvalue weighted by atomic mass is 32.2. The number of ether oxygens (including phenoxy) is 1. The van der Waals surface area contributed by atoms with Gasteiger partial charge in [-0.1, -0.05) is 32.0 Å². The predicted molar refractivity (Wildman–Crippen MR) is 154 cm³/mol. The molecule has 0 spiro atoms. The molecule has 2 aromatic carbocycles. The molecule has 5 N–H and O–H groups in total. The van der Waals surface area contributed by atoms with Crippen LogP contribution in [0.15, 0.2) is 57.9 Å². The molecule has 2 heterocycles. The van der Waals surface area contributed by atoms with E-state index >= 15 is 0 Å². The lowest BCUT2D eigenvalue weighted by Crippen LogP contribution is -2.64. The Kier molecular flexibility index (Phi) is 9.83. The molecule has 3 aromatic rings. The van der Waals surface area contributed by atoms with Gasteiger partial charge >= 0.3 is 0 Å². The molecule has 1 fully saturated rings. The maximum atomic E-state index is 12.9. The van der Waals surface area contributed by atoms with E-state index in [2.05, 4.69) is 36.9 Å². The van der Waals surface area contributed by atoms with Gasteiger partial charge in [-0.05, 0) is 53.9 Å². The number of nitrogens with one attached hydrogen (secondary N) is 1. The minimum absolute atomic E-state index is 0.0912. The molecular weight excluding hydrogens is 550 g/mol. The third-order valence-electron chi connectivity index (χ3n) is 6.95. The molecular formula is C29H35N3O8S. The van der Waals surface area contributed by atoms with E-state index in [0.29, 0.717) is 5.76 Å². The standard InChI is InChI=1S/C29H35N3O8S/c1-3-11-32(12-4-2)21-8-7-18-13-20(6-5-19(18)14-21)24-10-9-22(39-24)15-23(16-30)41(37,38)31-26-28(35)27(34)25(17-33)40-29(26)36/h5-10,13-15,25-29,31,33-36H,3-4,11-12,17H2,1-2H3/b23-15+/t25-,26-,27-,28-,29?/m1/s1. The molecule has 1 aliphatic heterocycles. The summed E-state index contributed by atoms with van der Waals surface area (Å²) < 4.78 is 38.6. The number of hydrogen-bond donors (Lipinski definition) is 5. The molecule has 41 heavy (non-hydrogen) atoms. The lowest BCUT2D eigenvalue weighted by molar-refractivity contribution is -0.251. The zero-order chi connectivity index (χ0) is 29.7. The number of nitriles is 1. The number of hydrogen-bond acceptors (Lipinski definition) is 10. The summed E-state index contributed by atoms with van der Waals surface area (Å²) in [5, 5.41) is 51.2. The van der Waals surface area contributed by atoms with Crippen molar-refractivity contribution >= 4 is 32.6 Å². The Labute approximate surface area is 238 Å². The molecule has 4 rings (SSSR count). The van der Waals surface area contributed by atoms with Crippen LogP contribution in [0.1, 0.15) is 32.4 Å². The van der Waals surface area contributed by atoms with Crippen molar-refractivity contribution in [1.29, 1.82) is 5.26 Å². The van der Waals surface area contributed by atoms with E-state index < -0.39 is 52.2 Å². The third-order valence-corrected chi connectivity index (χ3v) is 8.32. The van der Waals surface area contributed by atoms with Crippen LogP contribution < -0.4 is 9.62 Å². The molecule has 11 nitrogen and oxygen atoms in total. The zero-order valence-electron chi connectivity index (χ0n) is 22.8. The smallest absolute Gasteiger partial charge is 0.251 e.